The molecule has 0 spiro atoms. The van der Waals surface area contributed by atoms with Gasteiger partial charge in [0.25, 0.3) is 0 Å². The minimum absolute atomic E-state index is 0.442. The van der Waals surface area contributed by atoms with Gasteiger partial charge in [-0.15, -0.1) is 0 Å². The standard InChI is InChI=1S/C16H22N2/c1-11(2)18-13(4)12(3)16-10-17-9-14-7-5-6-8-15(14)16/h5-13,18H,1-4H3. The van der Waals surface area contributed by atoms with E-state index in [9.17, 15) is 0 Å². The van der Waals surface area contributed by atoms with Crippen LogP contribution >= 0.6 is 0 Å². The van der Waals surface area contributed by atoms with Crippen molar-refractivity contribution >= 4 is 10.8 Å². The summed E-state index contributed by atoms with van der Waals surface area (Å²) in [5.41, 5.74) is 1.33. The molecule has 1 aromatic carbocycles. The molecule has 2 aromatic rings. The molecule has 2 rings (SSSR count). The maximum atomic E-state index is 4.37. The summed E-state index contributed by atoms with van der Waals surface area (Å²) in [5, 5.41) is 6.12. The first-order chi connectivity index (χ1) is 8.59. The number of nitrogens with zero attached hydrogens (tertiary/aromatic N) is 1. The molecule has 96 valence electrons. The van der Waals surface area contributed by atoms with Gasteiger partial charge in [-0.2, -0.15) is 0 Å². The summed E-state index contributed by atoms with van der Waals surface area (Å²) in [6.07, 6.45) is 3.94. The zero-order chi connectivity index (χ0) is 13.1. The number of aromatic nitrogens is 1. The Bertz CT molecular complexity index is 514. The fraction of sp³-hybridized carbons (Fsp3) is 0.438. The lowest BCUT2D eigenvalue weighted by Gasteiger charge is -2.24. The lowest BCUT2D eigenvalue weighted by molar-refractivity contribution is 0.440. The molecular formula is C16H22N2. The van der Waals surface area contributed by atoms with Gasteiger partial charge in [0.05, 0.1) is 0 Å². The van der Waals surface area contributed by atoms with Gasteiger partial charge >= 0.3 is 0 Å². The van der Waals surface area contributed by atoms with Gasteiger partial charge in [0.1, 0.15) is 0 Å². The lowest BCUT2D eigenvalue weighted by Crippen LogP contribution is -2.36. The Balaban J connectivity index is 2.35. The van der Waals surface area contributed by atoms with Crippen molar-refractivity contribution in [3.8, 4) is 0 Å². The minimum Gasteiger partial charge on any atom is -0.311 e. The zero-order valence-corrected chi connectivity index (χ0v) is 11.6. The van der Waals surface area contributed by atoms with Crippen LogP contribution in [0.2, 0.25) is 0 Å². The predicted molar refractivity (Wildman–Crippen MR) is 77.9 cm³/mol. The fourth-order valence-electron chi connectivity index (χ4n) is 2.44. The molecule has 0 bridgehead atoms. The minimum atomic E-state index is 0.442. The number of fused-ring (bicyclic) bond motifs is 1. The topological polar surface area (TPSA) is 24.9 Å². The second kappa shape index (κ2) is 5.49. The fourth-order valence-corrected chi connectivity index (χ4v) is 2.44. The van der Waals surface area contributed by atoms with E-state index in [1.165, 1.54) is 16.3 Å². The third kappa shape index (κ3) is 2.70. The van der Waals surface area contributed by atoms with E-state index >= 15 is 0 Å². The maximum Gasteiger partial charge on any atom is 0.0346 e. The van der Waals surface area contributed by atoms with Crippen molar-refractivity contribution in [3.05, 3.63) is 42.2 Å². The molecule has 0 saturated heterocycles. The molecule has 0 saturated carbocycles. The van der Waals surface area contributed by atoms with Crippen molar-refractivity contribution in [1.82, 2.24) is 10.3 Å². The van der Waals surface area contributed by atoms with Crippen LogP contribution < -0.4 is 5.32 Å². The van der Waals surface area contributed by atoms with E-state index in [2.05, 4.69) is 62.3 Å². The first-order valence-corrected chi connectivity index (χ1v) is 6.68. The van der Waals surface area contributed by atoms with Gasteiger partial charge in [0.15, 0.2) is 0 Å². The predicted octanol–water partition coefficient (Wildman–Crippen LogP) is 3.72. The molecule has 0 fully saturated rings. The van der Waals surface area contributed by atoms with Gasteiger partial charge in [-0.3, -0.25) is 4.98 Å². The molecule has 2 atom stereocenters. The van der Waals surface area contributed by atoms with E-state index in [0.29, 0.717) is 18.0 Å². The van der Waals surface area contributed by atoms with Crippen LogP contribution in [0.3, 0.4) is 0 Å². The van der Waals surface area contributed by atoms with E-state index in [0.717, 1.165) is 0 Å². The Hall–Kier alpha value is -1.41. The number of benzene rings is 1. The van der Waals surface area contributed by atoms with Crippen molar-refractivity contribution in [3.63, 3.8) is 0 Å². The Morgan fingerprint density at radius 1 is 1.00 bits per heavy atom. The highest BCUT2D eigenvalue weighted by molar-refractivity contribution is 5.85. The van der Waals surface area contributed by atoms with Crippen molar-refractivity contribution in [2.75, 3.05) is 0 Å². The third-order valence-electron chi connectivity index (χ3n) is 3.54. The molecule has 0 aliphatic rings. The van der Waals surface area contributed by atoms with E-state index < -0.39 is 0 Å². The number of pyridine rings is 1. The Labute approximate surface area is 109 Å². The van der Waals surface area contributed by atoms with Crippen molar-refractivity contribution in [1.29, 1.82) is 0 Å². The maximum absolute atomic E-state index is 4.37. The first-order valence-electron chi connectivity index (χ1n) is 6.68. The van der Waals surface area contributed by atoms with Gasteiger partial charge in [-0.25, -0.2) is 0 Å². The molecule has 1 N–H and O–H groups in total. The molecule has 0 aliphatic heterocycles. The number of hydrogen-bond donors (Lipinski definition) is 1. The molecule has 0 amide bonds. The van der Waals surface area contributed by atoms with Crippen LogP contribution in [0.5, 0.6) is 0 Å². The number of nitrogens with one attached hydrogen (secondary N) is 1. The molecule has 1 heterocycles. The molecule has 0 aliphatic carbocycles. The number of rotatable bonds is 4. The van der Waals surface area contributed by atoms with E-state index in [1.807, 2.05) is 12.4 Å². The molecule has 1 aromatic heterocycles. The van der Waals surface area contributed by atoms with E-state index in [-0.39, 0.29) is 0 Å². The van der Waals surface area contributed by atoms with Gasteiger partial charge in [0.2, 0.25) is 0 Å². The van der Waals surface area contributed by atoms with Crippen molar-refractivity contribution in [2.45, 2.75) is 45.7 Å². The van der Waals surface area contributed by atoms with Gasteiger partial charge in [-0.05, 0) is 23.8 Å². The van der Waals surface area contributed by atoms with Crippen LogP contribution in [0.15, 0.2) is 36.7 Å². The SMILES string of the molecule is CC(C)NC(C)C(C)c1cncc2ccccc12. The number of hydrogen-bond acceptors (Lipinski definition) is 2. The van der Waals surface area contributed by atoms with Crippen molar-refractivity contribution in [2.24, 2.45) is 0 Å². The molecule has 2 heteroatoms. The normalized spacial score (nSPS) is 14.9. The van der Waals surface area contributed by atoms with Crippen LogP contribution in [0.25, 0.3) is 10.8 Å². The summed E-state index contributed by atoms with van der Waals surface area (Å²) in [5.74, 6) is 0.450. The van der Waals surface area contributed by atoms with E-state index in [4.69, 9.17) is 0 Å². The van der Waals surface area contributed by atoms with Crippen LogP contribution in [-0.2, 0) is 0 Å². The quantitative estimate of drug-likeness (QED) is 0.883. The summed E-state index contributed by atoms with van der Waals surface area (Å²) >= 11 is 0. The van der Waals surface area contributed by atoms with Crippen LogP contribution in [0.1, 0.15) is 39.2 Å². The average Bonchev–Trinajstić information content (AvgIpc) is 2.36. The lowest BCUT2D eigenvalue weighted by atomic mass is 9.91. The summed E-state index contributed by atoms with van der Waals surface area (Å²) in [6.45, 7) is 8.88. The molecule has 18 heavy (non-hydrogen) atoms. The van der Waals surface area contributed by atoms with Crippen LogP contribution in [-0.4, -0.2) is 17.1 Å². The highest BCUT2D eigenvalue weighted by Gasteiger charge is 2.17. The summed E-state index contributed by atoms with van der Waals surface area (Å²) in [7, 11) is 0. The summed E-state index contributed by atoms with van der Waals surface area (Å²) < 4.78 is 0. The Morgan fingerprint density at radius 2 is 1.72 bits per heavy atom. The highest BCUT2D eigenvalue weighted by atomic mass is 14.9. The smallest absolute Gasteiger partial charge is 0.0346 e. The Kier molecular flexibility index (Phi) is 3.97. The zero-order valence-electron chi connectivity index (χ0n) is 11.6. The highest BCUT2D eigenvalue weighted by Crippen LogP contribution is 2.26. The molecule has 0 radical (unpaired) electrons. The van der Waals surface area contributed by atoms with Gasteiger partial charge in [-0.1, -0.05) is 45.0 Å². The largest absolute Gasteiger partial charge is 0.311 e. The van der Waals surface area contributed by atoms with Gasteiger partial charge in [0, 0.05) is 29.9 Å². The molecular weight excluding hydrogens is 220 g/mol. The second-order valence-electron chi connectivity index (χ2n) is 5.35. The summed E-state index contributed by atoms with van der Waals surface area (Å²) in [4.78, 5) is 4.37. The Morgan fingerprint density at radius 3 is 2.44 bits per heavy atom. The molecule has 2 unspecified atom stereocenters. The van der Waals surface area contributed by atoms with E-state index in [1.54, 1.807) is 0 Å². The monoisotopic (exact) mass is 242 g/mol. The van der Waals surface area contributed by atoms with Crippen LogP contribution in [0.4, 0.5) is 0 Å². The third-order valence-corrected chi connectivity index (χ3v) is 3.54. The molecule has 2 nitrogen and oxygen atoms in total. The van der Waals surface area contributed by atoms with Crippen LogP contribution in [0, 0.1) is 0 Å². The summed E-state index contributed by atoms with van der Waals surface area (Å²) in [6, 6.07) is 9.42. The first kappa shape index (κ1) is 13.0. The van der Waals surface area contributed by atoms with Crippen molar-refractivity contribution < 1.29 is 0 Å². The van der Waals surface area contributed by atoms with Gasteiger partial charge < -0.3 is 5.32 Å². The average molecular weight is 242 g/mol. The second-order valence-corrected chi connectivity index (χ2v) is 5.35.